The quantitative estimate of drug-likeness (QED) is 0.895. The van der Waals surface area contributed by atoms with E-state index in [2.05, 4.69) is 15.9 Å². The van der Waals surface area contributed by atoms with Gasteiger partial charge in [0.15, 0.2) is 5.12 Å². The van der Waals surface area contributed by atoms with E-state index in [9.17, 15) is 15.0 Å². The molecule has 0 spiro atoms. The van der Waals surface area contributed by atoms with Gasteiger partial charge in [-0.3, -0.25) is 4.79 Å². The monoisotopic (exact) mass is 318 g/mol. The molecule has 2 unspecified atom stereocenters. The molecule has 1 aromatic rings. The fourth-order valence-electron chi connectivity index (χ4n) is 1.37. The van der Waals surface area contributed by atoms with Gasteiger partial charge in [-0.05, 0) is 24.1 Å². The third-order valence-electron chi connectivity index (χ3n) is 2.35. The summed E-state index contributed by atoms with van der Waals surface area (Å²) in [5, 5.41) is 19.6. The first-order chi connectivity index (χ1) is 7.91. The Morgan fingerprint density at radius 3 is 2.65 bits per heavy atom. The van der Waals surface area contributed by atoms with E-state index >= 15 is 0 Å². The molecule has 17 heavy (non-hydrogen) atoms. The smallest absolute Gasteiger partial charge is 0.185 e. The van der Waals surface area contributed by atoms with Crippen molar-refractivity contribution in [1.82, 2.24) is 0 Å². The van der Waals surface area contributed by atoms with Crippen LogP contribution in [0.3, 0.4) is 0 Å². The van der Waals surface area contributed by atoms with Crippen LogP contribution < -0.4 is 0 Å². The van der Waals surface area contributed by atoms with Crippen LogP contribution in [0.25, 0.3) is 0 Å². The Balaban J connectivity index is 2.70. The van der Waals surface area contributed by atoms with Crippen molar-refractivity contribution in [3.63, 3.8) is 0 Å². The van der Waals surface area contributed by atoms with Crippen molar-refractivity contribution in [3.05, 3.63) is 33.8 Å². The first-order valence-corrected chi connectivity index (χ1v) is 6.95. The van der Waals surface area contributed by atoms with E-state index in [1.54, 1.807) is 6.07 Å². The summed E-state index contributed by atoms with van der Waals surface area (Å²) in [5.74, 6) is 0.200. The molecule has 2 atom stereocenters. The number of aliphatic hydroxyl groups excluding tert-OH is 2. The average molecular weight is 319 g/mol. The number of aliphatic hydroxyl groups is 2. The van der Waals surface area contributed by atoms with Gasteiger partial charge in [0.1, 0.15) is 6.10 Å². The van der Waals surface area contributed by atoms with Gasteiger partial charge in [-0.15, -0.1) is 0 Å². The second-order valence-electron chi connectivity index (χ2n) is 3.82. The molecule has 0 bridgehead atoms. The lowest BCUT2D eigenvalue weighted by Crippen LogP contribution is -2.21. The van der Waals surface area contributed by atoms with Crippen LogP contribution >= 0.6 is 27.7 Å². The molecule has 1 rings (SSSR count). The molecule has 0 saturated heterocycles. The van der Waals surface area contributed by atoms with Crippen LogP contribution in [0.2, 0.25) is 0 Å². The van der Waals surface area contributed by atoms with Gasteiger partial charge in [0.05, 0.1) is 6.10 Å². The number of carbonyl (C=O) groups excluding carboxylic acids is 1. The fourth-order valence-corrected chi connectivity index (χ4v) is 2.20. The third kappa shape index (κ3) is 4.43. The topological polar surface area (TPSA) is 57.5 Å². The second kappa shape index (κ2) is 6.54. The van der Waals surface area contributed by atoms with E-state index < -0.39 is 12.2 Å². The highest BCUT2D eigenvalue weighted by Crippen LogP contribution is 2.24. The largest absolute Gasteiger partial charge is 0.389 e. The lowest BCUT2D eigenvalue weighted by atomic mass is 10.0. The summed E-state index contributed by atoms with van der Waals surface area (Å²) in [4.78, 5) is 10.8. The SMILES string of the molecule is CC(=O)SCC(O)C(O)c1ccc(Br)c(C)c1. The van der Waals surface area contributed by atoms with Gasteiger partial charge >= 0.3 is 0 Å². The Kier molecular flexibility index (Phi) is 5.66. The Morgan fingerprint density at radius 2 is 2.12 bits per heavy atom. The zero-order valence-corrected chi connectivity index (χ0v) is 12.1. The van der Waals surface area contributed by atoms with Gasteiger partial charge in [0.25, 0.3) is 0 Å². The van der Waals surface area contributed by atoms with E-state index in [0.717, 1.165) is 21.8 Å². The highest BCUT2D eigenvalue weighted by atomic mass is 79.9. The van der Waals surface area contributed by atoms with Gasteiger partial charge in [-0.1, -0.05) is 39.8 Å². The second-order valence-corrected chi connectivity index (χ2v) is 5.87. The number of aryl methyl sites for hydroxylation is 1. The van der Waals surface area contributed by atoms with Gasteiger partial charge in [0.2, 0.25) is 0 Å². The molecule has 0 saturated carbocycles. The van der Waals surface area contributed by atoms with Crippen LogP contribution in [-0.4, -0.2) is 27.2 Å². The Hall–Kier alpha value is -0.360. The Morgan fingerprint density at radius 1 is 1.47 bits per heavy atom. The van der Waals surface area contributed by atoms with Crippen LogP contribution in [0, 0.1) is 6.92 Å². The summed E-state index contributed by atoms with van der Waals surface area (Å²) in [6.45, 7) is 3.35. The molecule has 0 amide bonds. The highest BCUT2D eigenvalue weighted by Gasteiger charge is 2.19. The Bertz CT molecular complexity index is 409. The molecule has 94 valence electrons. The lowest BCUT2D eigenvalue weighted by Gasteiger charge is -2.18. The van der Waals surface area contributed by atoms with Crippen LogP contribution in [0.4, 0.5) is 0 Å². The summed E-state index contributed by atoms with van der Waals surface area (Å²) >= 11 is 4.38. The zero-order chi connectivity index (χ0) is 13.0. The van der Waals surface area contributed by atoms with E-state index in [0.29, 0.717) is 5.56 Å². The van der Waals surface area contributed by atoms with Crippen LogP contribution in [-0.2, 0) is 4.79 Å². The normalized spacial score (nSPS) is 14.4. The van der Waals surface area contributed by atoms with Gasteiger partial charge < -0.3 is 10.2 Å². The highest BCUT2D eigenvalue weighted by molar-refractivity contribution is 9.10. The third-order valence-corrected chi connectivity index (χ3v) is 4.15. The number of hydrogen-bond acceptors (Lipinski definition) is 4. The average Bonchev–Trinajstić information content (AvgIpc) is 2.28. The summed E-state index contributed by atoms with van der Waals surface area (Å²) in [7, 11) is 0. The van der Waals surface area contributed by atoms with Crippen molar-refractivity contribution < 1.29 is 15.0 Å². The molecule has 2 N–H and O–H groups in total. The van der Waals surface area contributed by atoms with Crippen molar-refractivity contribution in [1.29, 1.82) is 0 Å². The molecular formula is C12H15BrO3S. The molecule has 5 heteroatoms. The number of benzene rings is 1. The lowest BCUT2D eigenvalue weighted by molar-refractivity contribution is -0.109. The maximum Gasteiger partial charge on any atom is 0.185 e. The first-order valence-electron chi connectivity index (χ1n) is 5.17. The Labute approximate surface area is 113 Å². The number of carbonyl (C=O) groups is 1. The summed E-state index contributed by atoms with van der Waals surface area (Å²) < 4.78 is 0.959. The van der Waals surface area contributed by atoms with Gasteiger partial charge in [-0.25, -0.2) is 0 Å². The minimum absolute atomic E-state index is 0.0664. The maximum absolute atomic E-state index is 10.8. The molecule has 0 aliphatic heterocycles. The van der Waals surface area contributed by atoms with Crippen LogP contribution in [0.1, 0.15) is 24.2 Å². The van der Waals surface area contributed by atoms with Crippen molar-refractivity contribution in [2.45, 2.75) is 26.1 Å². The van der Waals surface area contributed by atoms with Crippen molar-refractivity contribution >= 4 is 32.8 Å². The molecule has 0 heterocycles. The molecule has 0 aromatic heterocycles. The minimum Gasteiger partial charge on any atom is -0.389 e. The maximum atomic E-state index is 10.8. The zero-order valence-electron chi connectivity index (χ0n) is 9.68. The molecular weight excluding hydrogens is 304 g/mol. The molecule has 0 radical (unpaired) electrons. The number of rotatable bonds is 4. The molecule has 0 aliphatic rings. The summed E-state index contributed by atoms with van der Waals surface area (Å²) in [6.07, 6.45) is -1.90. The van der Waals surface area contributed by atoms with Gasteiger partial charge in [0, 0.05) is 17.1 Å². The predicted molar refractivity (Wildman–Crippen MR) is 73.0 cm³/mol. The minimum atomic E-state index is -0.964. The molecule has 1 aromatic carbocycles. The summed E-state index contributed by atoms with van der Waals surface area (Å²) in [6, 6.07) is 5.40. The van der Waals surface area contributed by atoms with Crippen LogP contribution in [0.5, 0.6) is 0 Å². The molecule has 0 fully saturated rings. The van der Waals surface area contributed by atoms with E-state index in [1.165, 1.54) is 6.92 Å². The van der Waals surface area contributed by atoms with E-state index in [1.807, 2.05) is 19.1 Å². The number of thioether (sulfide) groups is 1. The molecule has 3 nitrogen and oxygen atoms in total. The van der Waals surface area contributed by atoms with E-state index in [4.69, 9.17) is 0 Å². The first kappa shape index (κ1) is 14.7. The van der Waals surface area contributed by atoms with E-state index in [-0.39, 0.29) is 10.9 Å². The predicted octanol–water partition coefficient (Wildman–Crippen LogP) is 2.43. The molecule has 0 aliphatic carbocycles. The van der Waals surface area contributed by atoms with Crippen molar-refractivity contribution in [2.75, 3.05) is 5.75 Å². The summed E-state index contributed by atoms with van der Waals surface area (Å²) in [5.41, 5.74) is 1.65. The number of hydrogen-bond donors (Lipinski definition) is 2. The van der Waals surface area contributed by atoms with Crippen molar-refractivity contribution in [3.8, 4) is 0 Å². The van der Waals surface area contributed by atoms with Gasteiger partial charge in [-0.2, -0.15) is 0 Å². The standard InChI is InChI=1S/C12H15BrO3S/c1-7-5-9(3-4-10(7)13)12(16)11(15)6-17-8(2)14/h3-5,11-12,15-16H,6H2,1-2H3. The van der Waals surface area contributed by atoms with Crippen molar-refractivity contribution in [2.24, 2.45) is 0 Å². The van der Waals surface area contributed by atoms with Crippen LogP contribution in [0.15, 0.2) is 22.7 Å². The number of halogens is 1. The fraction of sp³-hybridized carbons (Fsp3) is 0.417.